The molecule has 3 rings (SSSR count). The lowest BCUT2D eigenvalue weighted by atomic mass is 9.89. The van der Waals surface area contributed by atoms with E-state index in [-0.39, 0.29) is 11.7 Å². The lowest BCUT2D eigenvalue weighted by Gasteiger charge is -2.35. The Hall–Kier alpha value is -1.62. The van der Waals surface area contributed by atoms with Gasteiger partial charge in [0.1, 0.15) is 5.82 Å². The maximum absolute atomic E-state index is 13.0. The molecule has 1 saturated carbocycles. The molecular formula is C19H28FN3O. The monoisotopic (exact) mass is 333 g/mol. The number of hydrogen-bond acceptors (Lipinski definition) is 3. The van der Waals surface area contributed by atoms with Crippen molar-refractivity contribution in [3.8, 4) is 0 Å². The van der Waals surface area contributed by atoms with E-state index in [0.29, 0.717) is 12.5 Å². The molecule has 1 N–H and O–H groups in total. The van der Waals surface area contributed by atoms with Crippen molar-refractivity contribution in [2.45, 2.75) is 32.1 Å². The van der Waals surface area contributed by atoms with Crippen molar-refractivity contribution in [3.05, 3.63) is 30.1 Å². The lowest BCUT2D eigenvalue weighted by Crippen LogP contribution is -2.49. The molecule has 0 aromatic heterocycles. The van der Waals surface area contributed by atoms with Crippen LogP contribution in [0.5, 0.6) is 0 Å². The third kappa shape index (κ3) is 4.94. The van der Waals surface area contributed by atoms with E-state index in [1.54, 1.807) is 0 Å². The SMILES string of the molecule is O=C(CN1CCN(c2ccc(F)cc2)CC1)NCC1CCCCC1. The van der Waals surface area contributed by atoms with Crippen LogP contribution < -0.4 is 10.2 Å². The number of carbonyl (C=O) groups excluding carboxylic acids is 1. The molecule has 132 valence electrons. The molecule has 1 aliphatic heterocycles. The van der Waals surface area contributed by atoms with E-state index in [0.717, 1.165) is 38.4 Å². The molecule has 1 aromatic carbocycles. The van der Waals surface area contributed by atoms with Crippen molar-refractivity contribution in [3.63, 3.8) is 0 Å². The van der Waals surface area contributed by atoms with E-state index < -0.39 is 0 Å². The van der Waals surface area contributed by atoms with Gasteiger partial charge in [-0.25, -0.2) is 4.39 Å². The topological polar surface area (TPSA) is 35.6 Å². The van der Waals surface area contributed by atoms with Crippen molar-refractivity contribution in [2.75, 3.05) is 44.2 Å². The molecule has 4 nitrogen and oxygen atoms in total. The summed E-state index contributed by atoms with van der Waals surface area (Å²) in [5.74, 6) is 0.626. The van der Waals surface area contributed by atoms with Crippen LogP contribution in [0.25, 0.3) is 0 Å². The molecule has 0 unspecified atom stereocenters. The van der Waals surface area contributed by atoms with Crippen LogP contribution in [0.2, 0.25) is 0 Å². The third-order valence-corrected chi connectivity index (χ3v) is 5.24. The van der Waals surface area contributed by atoms with E-state index in [2.05, 4.69) is 15.1 Å². The number of halogens is 1. The number of nitrogens with zero attached hydrogens (tertiary/aromatic N) is 2. The van der Waals surface area contributed by atoms with Crippen molar-refractivity contribution >= 4 is 11.6 Å². The number of nitrogens with one attached hydrogen (secondary N) is 1. The summed E-state index contributed by atoms with van der Waals surface area (Å²) in [6, 6.07) is 6.64. The van der Waals surface area contributed by atoms with Gasteiger partial charge in [0.2, 0.25) is 5.91 Å². The normalized spacial score (nSPS) is 20.1. The van der Waals surface area contributed by atoms with Gasteiger partial charge in [-0.3, -0.25) is 9.69 Å². The predicted molar refractivity (Wildman–Crippen MR) is 94.6 cm³/mol. The Morgan fingerprint density at radius 2 is 1.71 bits per heavy atom. The van der Waals surface area contributed by atoms with Gasteiger partial charge in [-0.1, -0.05) is 19.3 Å². The van der Waals surface area contributed by atoms with Gasteiger partial charge >= 0.3 is 0 Å². The molecule has 1 saturated heterocycles. The molecule has 0 bridgehead atoms. The summed E-state index contributed by atoms with van der Waals surface area (Å²) >= 11 is 0. The van der Waals surface area contributed by atoms with Gasteiger partial charge in [0, 0.05) is 38.4 Å². The van der Waals surface area contributed by atoms with Gasteiger partial charge in [-0.15, -0.1) is 0 Å². The molecule has 2 aliphatic rings. The second-order valence-corrected chi connectivity index (χ2v) is 7.05. The minimum atomic E-state index is -0.202. The standard InChI is InChI=1S/C19H28FN3O/c20-17-6-8-18(9-7-17)23-12-10-22(11-13-23)15-19(24)21-14-16-4-2-1-3-5-16/h6-9,16H,1-5,10-15H2,(H,21,24). The van der Waals surface area contributed by atoms with E-state index in [9.17, 15) is 9.18 Å². The van der Waals surface area contributed by atoms with Crippen molar-refractivity contribution in [2.24, 2.45) is 5.92 Å². The van der Waals surface area contributed by atoms with E-state index >= 15 is 0 Å². The van der Waals surface area contributed by atoms with Gasteiger partial charge < -0.3 is 10.2 Å². The third-order valence-electron chi connectivity index (χ3n) is 5.24. The smallest absolute Gasteiger partial charge is 0.234 e. The molecule has 1 amide bonds. The molecule has 0 spiro atoms. The summed E-state index contributed by atoms with van der Waals surface area (Å²) in [6.45, 7) is 4.82. The van der Waals surface area contributed by atoms with Crippen LogP contribution in [0.3, 0.4) is 0 Å². The Balaban J connectivity index is 1.37. The lowest BCUT2D eigenvalue weighted by molar-refractivity contribution is -0.122. The number of rotatable bonds is 5. The first-order chi connectivity index (χ1) is 11.7. The van der Waals surface area contributed by atoms with E-state index in [4.69, 9.17) is 0 Å². The number of hydrogen-bond donors (Lipinski definition) is 1. The Labute approximate surface area is 144 Å². The second-order valence-electron chi connectivity index (χ2n) is 7.05. The molecular weight excluding hydrogens is 305 g/mol. The van der Waals surface area contributed by atoms with Gasteiger partial charge in [0.15, 0.2) is 0 Å². The molecule has 5 heteroatoms. The molecule has 24 heavy (non-hydrogen) atoms. The molecule has 1 aromatic rings. The minimum Gasteiger partial charge on any atom is -0.369 e. The van der Waals surface area contributed by atoms with Gasteiger partial charge in [0.25, 0.3) is 0 Å². The molecule has 2 fully saturated rings. The van der Waals surface area contributed by atoms with Crippen LogP contribution in [0.15, 0.2) is 24.3 Å². The fourth-order valence-corrected chi connectivity index (χ4v) is 3.72. The number of amides is 1. The number of anilines is 1. The Morgan fingerprint density at radius 1 is 1.04 bits per heavy atom. The number of benzene rings is 1. The first-order valence-corrected chi connectivity index (χ1v) is 9.20. The molecule has 1 heterocycles. The van der Waals surface area contributed by atoms with Crippen LogP contribution >= 0.6 is 0 Å². The minimum absolute atomic E-state index is 0.149. The summed E-state index contributed by atoms with van der Waals surface area (Å²) in [5, 5.41) is 3.11. The maximum atomic E-state index is 13.0. The average Bonchev–Trinajstić information content (AvgIpc) is 2.62. The average molecular weight is 333 g/mol. The Kier molecular flexibility index (Phi) is 6.07. The highest BCUT2D eigenvalue weighted by molar-refractivity contribution is 5.78. The highest BCUT2D eigenvalue weighted by Crippen LogP contribution is 2.22. The van der Waals surface area contributed by atoms with Crippen molar-refractivity contribution in [1.82, 2.24) is 10.2 Å². The zero-order valence-corrected chi connectivity index (χ0v) is 14.3. The summed E-state index contributed by atoms with van der Waals surface area (Å²) in [7, 11) is 0. The van der Waals surface area contributed by atoms with Crippen molar-refractivity contribution in [1.29, 1.82) is 0 Å². The van der Waals surface area contributed by atoms with Crippen LogP contribution in [0.4, 0.5) is 10.1 Å². The second kappa shape index (κ2) is 8.47. The summed E-state index contributed by atoms with van der Waals surface area (Å²) in [5.41, 5.74) is 1.05. The fourth-order valence-electron chi connectivity index (χ4n) is 3.72. The zero-order chi connectivity index (χ0) is 16.8. The van der Waals surface area contributed by atoms with Crippen molar-refractivity contribution < 1.29 is 9.18 Å². The summed E-state index contributed by atoms with van der Waals surface area (Å²) < 4.78 is 13.0. The first-order valence-electron chi connectivity index (χ1n) is 9.20. The number of carbonyl (C=O) groups is 1. The van der Waals surface area contributed by atoms with Crippen LogP contribution in [-0.4, -0.2) is 50.1 Å². The Bertz CT molecular complexity index is 520. The highest BCUT2D eigenvalue weighted by Gasteiger charge is 2.20. The molecule has 1 aliphatic carbocycles. The fraction of sp³-hybridized carbons (Fsp3) is 0.632. The maximum Gasteiger partial charge on any atom is 0.234 e. The van der Waals surface area contributed by atoms with Crippen LogP contribution in [-0.2, 0) is 4.79 Å². The van der Waals surface area contributed by atoms with Gasteiger partial charge in [0.05, 0.1) is 6.54 Å². The highest BCUT2D eigenvalue weighted by atomic mass is 19.1. The predicted octanol–water partition coefficient (Wildman–Crippen LogP) is 2.64. The van der Waals surface area contributed by atoms with E-state index in [1.165, 1.54) is 44.2 Å². The summed E-state index contributed by atoms with van der Waals surface area (Å²) in [6.07, 6.45) is 6.49. The molecule has 0 atom stereocenters. The first kappa shape index (κ1) is 17.2. The summed E-state index contributed by atoms with van der Waals surface area (Å²) in [4.78, 5) is 16.6. The van der Waals surface area contributed by atoms with Gasteiger partial charge in [-0.2, -0.15) is 0 Å². The van der Waals surface area contributed by atoms with Crippen LogP contribution in [0, 0.1) is 11.7 Å². The van der Waals surface area contributed by atoms with E-state index in [1.807, 2.05) is 12.1 Å². The quantitative estimate of drug-likeness (QED) is 0.900. The largest absolute Gasteiger partial charge is 0.369 e. The van der Waals surface area contributed by atoms with Gasteiger partial charge in [-0.05, 0) is 43.0 Å². The number of piperazine rings is 1. The Morgan fingerprint density at radius 3 is 2.38 bits per heavy atom. The zero-order valence-electron chi connectivity index (χ0n) is 14.3. The van der Waals surface area contributed by atoms with Crippen LogP contribution in [0.1, 0.15) is 32.1 Å². The molecule has 0 radical (unpaired) electrons.